The molecule has 0 radical (unpaired) electrons. The van der Waals surface area contributed by atoms with Crippen LogP contribution in [0.1, 0.15) is 66.2 Å². The molecule has 1 saturated heterocycles. The zero-order chi connectivity index (χ0) is 15.0. The lowest BCUT2D eigenvalue weighted by atomic mass is 10.1. The summed E-state index contributed by atoms with van der Waals surface area (Å²) in [6.45, 7) is 10.2. The maximum Gasteiger partial charge on any atom is 0.170 e. The van der Waals surface area contributed by atoms with E-state index in [0.717, 1.165) is 18.2 Å². The van der Waals surface area contributed by atoms with Crippen molar-refractivity contribution < 1.29 is 0 Å². The molecular formula is C15H30N4S. The van der Waals surface area contributed by atoms with E-state index in [4.69, 9.17) is 12.2 Å². The Kier molecular flexibility index (Phi) is 7.41. The molecule has 0 spiro atoms. The van der Waals surface area contributed by atoms with E-state index in [9.17, 15) is 0 Å². The van der Waals surface area contributed by atoms with Gasteiger partial charge in [-0.05, 0) is 52.8 Å². The highest BCUT2D eigenvalue weighted by molar-refractivity contribution is 7.80. The van der Waals surface area contributed by atoms with Gasteiger partial charge in [-0.1, -0.05) is 25.7 Å². The van der Waals surface area contributed by atoms with E-state index in [1.165, 1.54) is 38.5 Å². The molecule has 4 nitrogen and oxygen atoms in total. The van der Waals surface area contributed by atoms with Crippen LogP contribution in [0.2, 0.25) is 0 Å². The lowest BCUT2D eigenvalue weighted by Gasteiger charge is -2.30. The maximum absolute atomic E-state index is 5.56. The predicted molar refractivity (Wildman–Crippen MR) is 89.1 cm³/mol. The van der Waals surface area contributed by atoms with Gasteiger partial charge in [0.2, 0.25) is 0 Å². The SMILES string of the molecule is CC(C)N=NC(C)(C)NC(=S)N1CCCCCCCC1. The van der Waals surface area contributed by atoms with Gasteiger partial charge in [0.15, 0.2) is 5.11 Å². The summed E-state index contributed by atoms with van der Waals surface area (Å²) < 4.78 is 0. The van der Waals surface area contributed by atoms with Crippen molar-refractivity contribution in [3.8, 4) is 0 Å². The van der Waals surface area contributed by atoms with Crippen LogP contribution in [0.5, 0.6) is 0 Å². The van der Waals surface area contributed by atoms with Crippen molar-refractivity contribution >= 4 is 17.3 Å². The van der Waals surface area contributed by atoms with E-state index < -0.39 is 5.66 Å². The summed E-state index contributed by atoms with van der Waals surface area (Å²) in [6, 6.07) is 0.217. The monoisotopic (exact) mass is 298 g/mol. The minimum Gasteiger partial charge on any atom is -0.349 e. The number of hydrogen-bond donors (Lipinski definition) is 1. The van der Waals surface area contributed by atoms with Crippen molar-refractivity contribution in [1.29, 1.82) is 0 Å². The Morgan fingerprint density at radius 3 is 2.05 bits per heavy atom. The fourth-order valence-electron chi connectivity index (χ4n) is 2.25. The largest absolute Gasteiger partial charge is 0.349 e. The van der Waals surface area contributed by atoms with E-state index in [1.807, 2.05) is 27.7 Å². The molecule has 0 amide bonds. The molecule has 1 fully saturated rings. The van der Waals surface area contributed by atoms with Crippen LogP contribution in [-0.4, -0.2) is 34.8 Å². The van der Waals surface area contributed by atoms with Crippen molar-refractivity contribution in [1.82, 2.24) is 10.2 Å². The molecule has 0 aromatic heterocycles. The van der Waals surface area contributed by atoms with Gasteiger partial charge in [-0.15, -0.1) is 0 Å². The van der Waals surface area contributed by atoms with Crippen molar-refractivity contribution in [3.63, 3.8) is 0 Å². The third kappa shape index (κ3) is 7.17. The minimum atomic E-state index is -0.431. The average Bonchev–Trinajstić information content (AvgIpc) is 2.49. The van der Waals surface area contributed by atoms with Crippen LogP contribution in [0.4, 0.5) is 0 Å². The Bertz CT molecular complexity index is 316. The molecule has 20 heavy (non-hydrogen) atoms. The molecule has 1 N–H and O–H groups in total. The Morgan fingerprint density at radius 1 is 1.05 bits per heavy atom. The molecule has 0 bridgehead atoms. The predicted octanol–water partition coefficient (Wildman–Crippen LogP) is 4.11. The maximum atomic E-state index is 5.56. The smallest absolute Gasteiger partial charge is 0.170 e. The second-order valence-electron chi connectivity index (χ2n) is 6.41. The van der Waals surface area contributed by atoms with Crippen molar-refractivity contribution in [2.45, 2.75) is 77.9 Å². The van der Waals surface area contributed by atoms with Gasteiger partial charge in [-0.3, -0.25) is 0 Å². The Morgan fingerprint density at radius 2 is 1.55 bits per heavy atom. The molecule has 116 valence electrons. The lowest BCUT2D eigenvalue weighted by Crippen LogP contribution is -2.49. The Balaban J connectivity index is 2.53. The molecule has 0 unspecified atom stereocenters. The van der Waals surface area contributed by atoms with E-state index in [2.05, 4.69) is 20.4 Å². The highest BCUT2D eigenvalue weighted by Gasteiger charge is 2.21. The number of hydrogen-bond acceptors (Lipinski definition) is 3. The molecular weight excluding hydrogens is 268 g/mol. The first kappa shape index (κ1) is 17.3. The summed E-state index contributed by atoms with van der Waals surface area (Å²) in [5.74, 6) is 0. The van der Waals surface area contributed by atoms with Crippen molar-refractivity contribution in [2.24, 2.45) is 10.2 Å². The molecule has 0 aliphatic carbocycles. The van der Waals surface area contributed by atoms with E-state index in [1.54, 1.807) is 0 Å². The number of rotatable bonds is 3. The zero-order valence-corrected chi connectivity index (χ0v) is 14.3. The van der Waals surface area contributed by atoms with Crippen LogP contribution >= 0.6 is 12.2 Å². The van der Waals surface area contributed by atoms with Gasteiger partial charge in [-0.2, -0.15) is 10.2 Å². The van der Waals surface area contributed by atoms with Crippen molar-refractivity contribution in [2.75, 3.05) is 13.1 Å². The fourth-order valence-corrected chi connectivity index (χ4v) is 2.69. The standard InChI is InChI=1S/C15H30N4S/c1-13(2)17-18-15(3,4)16-14(20)19-11-9-7-5-6-8-10-12-19/h13H,5-12H2,1-4H3,(H,16,20). The van der Waals surface area contributed by atoms with Crippen LogP contribution < -0.4 is 5.32 Å². The van der Waals surface area contributed by atoms with Gasteiger partial charge in [0.05, 0.1) is 6.04 Å². The summed E-state index contributed by atoms with van der Waals surface area (Å²) in [6.07, 6.45) is 7.82. The molecule has 0 saturated carbocycles. The van der Waals surface area contributed by atoms with Gasteiger partial charge < -0.3 is 10.2 Å². The zero-order valence-electron chi connectivity index (χ0n) is 13.5. The summed E-state index contributed by atoms with van der Waals surface area (Å²) >= 11 is 5.56. The van der Waals surface area contributed by atoms with Crippen LogP contribution in [0, 0.1) is 0 Å². The van der Waals surface area contributed by atoms with Gasteiger partial charge in [0.25, 0.3) is 0 Å². The van der Waals surface area contributed by atoms with Gasteiger partial charge >= 0.3 is 0 Å². The van der Waals surface area contributed by atoms with Gasteiger partial charge in [-0.25, -0.2) is 0 Å². The van der Waals surface area contributed by atoms with E-state index in [0.29, 0.717) is 0 Å². The Hall–Kier alpha value is -0.710. The van der Waals surface area contributed by atoms with E-state index in [-0.39, 0.29) is 6.04 Å². The van der Waals surface area contributed by atoms with Gasteiger partial charge in [0.1, 0.15) is 5.66 Å². The molecule has 1 aliphatic rings. The first-order chi connectivity index (χ1) is 9.41. The third-order valence-electron chi connectivity index (χ3n) is 3.34. The van der Waals surface area contributed by atoms with Crippen molar-refractivity contribution in [3.05, 3.63) is 0 Å². The molecule has 1 aliphatic heterocycles. The van der Waals surface area contributed by atoms with Gasteiger partial charge in [0, 0.05) is 13.1 Å². The minimum absolute atomic E-state index is 0.217. The Labute approximate surface area is 129 Å². The quantitative estimate of drug-likeness (QED) is 0.629. The summed E-state index contributed by atoms with van der Waals surface area (Å²) in [4.78, 5) is 2.30. The molecule has 0 atom stereocenters. The number of nitrogens with one attached hydrogen (secondary N) is 1. The number of thiocarbonyl (C=S) groups is 1. The highest BCUT2D eigenvalue weighted by atomic mass is 32.1. The third-order valence-corrected chi connectivity index (χ3v) is 3.71. The first-order valence-electron chi connectivity index (χ1n) is 7.90. The molecule has 5 heteroatoms. The van der Waals surface area contributed by atoms with E-state index >= 15 is 0 Å². The molecule has 1 heterocycles. The molecule has 0 aromatic rings. The summed E-state index contributed by atoms with van der Waals surface area (Å²) in [5, 5.41) is 12.7. The molecule has 1 rings (SSSR count). The second-order valence-corrected chi connectivity index (χ2v) is 6.79. The average molecular weight is 299 g/mol. The van der Waals surface area contributed by atoms with Crippen LogP contribution in [-0.2, 0) is 0 Å². The molecule has 0 aromatic carbocycles. The highest BCUT2D eigenvalue weighted by Crippen LogP contribution is 2.13. The lowest BCUT2D eigenvalue weighted by molar-refractivity contribution is 0.366. The summed E-state index contributed by atoms with van der Waals surface area (Å²) in [5.41, 5.74) is -0.431. The first-order valence-corrected chi connectivity index (χ1v) is 8.30. The van der Waals surface area contributed by atoms with Crippen LogP contribution in [0.3, 0.4) is 0 Å². The fraction of sp³-hybridized carbons (Fsp3) is 0.933. The normalized spacial score (nSPS) is 18.8. The second kappa shape index (κ2) is 8.55. The van der Waals surface area contributed by atoms with Crippen LogP contribution in [0.15, 0.2) is 10.2 Å². The number of nitrogens with zero attached hydrogens (tertiary/aromatic N) is 3. The topological polar surface area (TPSA) is 40.0 Å². The number of azo groups is 1. The summed E-state index contributed by atoms with van der Waals surface area (Å²) in [7, 11) is 0. The van der Waals surface area contributed by atoms with Crippen LogP contribution in [0.25, 0.3) is 0 Å².